The zero-order valence-corrected chi connectivity index (χ0v) is 12.5. The number of nitrogens with one attached hydrogen (secondary N) is 1. The summed E-state index contributed by atoms with van der Waals surface area (Å²) < 4.78 is 18.2. The van der Waals surface area contributed by atoms with Crippen molar-refractivity contribution in [1.82, 2.24) is 5.32 Å². The highest BCUT2D eigenvalue weighted by Crippen LogP contribution is 2.31. The number of benzene rings is 1. The van der Waals surface area contributed by atoms with Crippen molar-refractivity contribution in [3.63, 3.8) is 0 Å². The summed E-state index contributed by atoms with van der Waals surface area (Å²) in [6.45, 7) is 2.39. The summed E-state index contributed by atoms with van der Waals surface area (Å²) in [4.78, 5) is 12.1. The number of hydrogen-bond donors (Lipinski definition) is 2. The van der Waals surface area contributed by atoms with Gasteiger partial charge in [-0.1, -0.05) is 6.92 Å². The van der Waals surface area contributed by atoms with Gasteiger partial charge in [0.25, 0.3) is 5.91 Å². The Bertz CT molecular complexity index is 510. The Kier molecular flexibility index (Phi) is 4.83. The lowest BCUT2D eigenvalue weighted by Gasteiger charge is -2.34. The van der Waals surface area contributed by atoms with E-state index in [1.807, 2.05) is 0 Å². The molecule has 0 aliphatic heterocycles. The second kappa shape index (κ2) is 6.43. The molecular weight excluding hydrogens is 273 g/mol. The Labute approximate surface area is 124 Å². The van der Waals surface area contributed by atoms with Gasteiger partial charge in [-0.2, -0.15) is 0 Å². The van der Waals surface area contributed by atoms with Crippen LogP contribution in [-0.4, -0.2) is 30.3 Å². The van der Waals surface area contributed by atoms with Crippen LogP contribution < -0.4 is 10.1 Å². The van der Waals surface area contributed by atoms with Crippen LogP contribution >= 0.6 is 0 Å². The fraction of sp³-hybridized carbons (Fsp3) is 0.562. The fourth-order valence-electron chi connectivity index (χ4n) is 2.62. The molecule has 1 aliphatic rings. The molecule has 116 valence electrons. The van der Waals surface area contributed by atoms with Crippen LogP contribution in [0.4, 0.5) is 4.39 Å². The molecule has 1 aliphatic carbocycles. The van der Waals surface area contributed by atoms with E-state index in [9.17, 15) is 14.3 Å². The normalized spacial score (nSPS) is 25.4. The highest BCUT2D eigenvalue weighted by atomic mass is 19.1. The lowest BCUT2D eigenvalue weighted by atomic mass is 9.79. The Morgan fingerprint density at radius 2 is 2.14 bits per heavy atom. The molecule has 1 aromatic carbocycles. The quantitative estimate of drug-likeness (QED) is 0.897. The summed E-state index contributed by atoms with van der Waals surface area (Å²) in [6, 6.07) is 3.96. The molecule has 1 fully saturated rings. The van der Waals surface area contributed by atoms with Gasteiger partial charge in [0.05, 0.1) is 12.7 Å². The van der Waals surface area contributed by atoms with E-state index in [1.165, 1.54) is 25.3 Å². The molecule has 0 unspecified atom stereocenters. The largest absolute Gasteiger partial charge is 0.494 e. The zero-order chi connectivity index (χ0) is 15.5. The molecule has 5 heteroatoms. The number of hydrogen-bond acceptors (Lipinski definition) is 3. The average molecular weight is 295 g/mol. The molecule has 0 atom stereocenters. The lowest BCUT2D eigenvalue weighted by molar-refractivity contribution is -0.00540. The van der Waals surface area contributed by atoms with Gasteiger partial charge in [0.15, 0.2) is 11.6 Å². The SMILES string of the molecule is COc1cc(C(=O)NCC2(O)CCC(C)CC2)ccc1F. The average Bonchev–Trinajstić information content (AvgIpc) is 2.49. The first-order chi connectivity index (χ1) is 9.93. The minimum Gasteiger partial charge on any atom is -0.494 e. The van der Waals surface area contributed by atoms with E-state index in [4.69, 9.17) is 4.74 Å². The zero-order valence-electron chi connectivity index (χ0n) is 12.5. The van der Waals surface area contributed by atoms with Crippen LogP contribution in [0.25, 0.3) is 0 Å². The van der Waals surface area contributed by atoms with Crippen LogP contribution in [0.2, 0.25) is 0 Å². The van der Waals surface area contributed by atoms with Crippen LogP contribution in [0.1, 0.15) is 43.0 Å². The molecule has 0 radical (unpaired) electrons. The molecule has 2 N–H and O–H groups in total. The predicted octanol–water partition coefficient (Wildman–Crippen LogP) is 2.51. The summed E-state index contributed by atoms with van der Waals surface area (Å²) >= 11 is 0. The van der Waals surface area contributed by atoms with Crippen molar-refractivity contribution in [2.24, 2.45) is 5.92 Å². The van der Waals surface area contributed by atoms with E-state index in [1.54, 1.807) is 0 Å². The van der Waals surface area contributed by atoms with Gasteiger partial charge in [0.2, 0.25) is 0 Å². The van der Waals surface area contributed by atoms with Crippen molar-refractivity contribution in [2.45, 2.75) is 38.2 Å². The third-order valence-electron chi connectivity index (χ3n) is 4.20. The number of amides is 1. The third-order valence-corrected chi connectivity index (χ3v) is 4.20. The molecular formula is C16H22FNO3. The number of carbonyl (C=O) groups is 1. The van der Waals surface area contributed by atoms with Gasteiger partial charge >= 0.3 is 0 Å². The lowest BCUT2D eigenvalue weighted by Crippen LogP contribution is -2.45. The van der Waals surface area contributed by atoms with Crippen molar-refractivity contribution < 1.29 is 19.0 Å². The maximum atomic E-state index is 13.3. The van der Waals surface area contributed by atoms with Crippen molar-refractivity contribution in [3.05, 3.63) is 29.6 Å². The molecule has 0 heterocycles. The number of carbonyl (C=O) groups excluding carboxylic acids is 1. The molecule has 0 spiro atoms. The van der Waals surface area contributed by atoms with Gasteiger partial charge in [-0.3, -0.25) is 4.79 Å². The van der Waals surface area contributed by atoms with Gasteiger partial charge in [-0.05, 0) is 49.8 Å². The molecule has 1 saturated carbocycles. The summed E-state index contributed by atoms with van der Waals surface area (Å²) in [6.07, 6.45) is 3.33. The summed E-state index contributed by atoms with van der Waals surface area (Å²) in [5.41, 5.74) is -0.507. The Morgan fingerprint density at radius 3 is 2.76 bits per heavy atom. The molecule has 0 saturated heterocycles. The van der Waals surface area contributed by atoms with Crippen molar-refractivity contribution in [2.75, 3.05) is 13.7 Å². The van der Waals surface area contributed by atoms with E-state index in [2.05, 4.69) is 12.2 Å². The Balaban J connectivity index is 1.95. The number of rotatable bonds is 4. The smallest absolute Gasteiger partial charge is 0.251 e. The van der Waals surface area contributed by atoms with Gasteiger partial charge in [-0.25, -0.2) is 4.39 Å². The Morgan fingerprint density at radius 1 is 1.48 bits per heavy atom. The number of aliphatic hydroxyl groups is 1. The minimum atomic E-state index is -0.827. The summed E-state index contributed by atoms with van der Waals surface area (Å²) in [5, 5.41) is 13.2. The van der Waals surface area contributed by atoms with Crippen LogP contribution in [0.5, 0.6) is 5.75 Å². The topological polar surface area (TPSA) is 58.6 Å². The molecule has 1 aromatic rings. The van der Waals surface area contributed by atoms with E-state index >= 15 is 0 Å². The third kappa shape index (κ3) is 3.94. The van der Waals surface area contributed by atoms with E-state index in [0.29, 0.717) is 24.3 Å². The van der Waals surface area contributed by atoms with Crippen LogP contribution in [-0.2, 0) is 0 Å². The second-order valence-electron chi connectivity index (χ2n) is 5.94. The van der Waals surface area contributed by atoms with Gasteiger partial charge in [0, 0.05) is 12.1 Å². The molecule has 0 bridgehead atoms. The molecule has 4 nitrogen and oxygen atoms in total. The Hall–Kier alpha value is -1.62. The first-order valence-corrected chi connectivity index (χ1v) is 7.28. The second-order valence-corrected chi connectivity index (χ2v) is 5.94. The van der Waals surface area contributed by atoms with Gasteiger partial charge < -0.3 is 15.2 Å². The molecule has 0 aromatic heterocycles. The first-order valence-electron chi connectivity index (χ1n) is 7.28. The first kappa shape index (κ1) is 15.8. The number of ether oxygens (including phenoxy) is 1. The summed E-state index contributed by atoms with van der Waals surface area (Å²) in [7, 11) is 1.35. The summed E-state index contributed by atoms with van der Waals surface area (Å²) in [5.74, 6) is -0.176. The van der Waals surface area contributed by atoms with Crippen molar-refractivity contribution in [1.29, 1.82) is 0 Å². The van der Waals surface area contributed by atoms with E-state index in [0.717, 1.165) is 12.8 Å². The van der Waals surface area contributed by atoms with Gasteiger partial charge in [0.1, 0.15) is 0 Å². The molecule has 21 heavy (non-hydrogen) atoms. The number of halogens is 1. The molecule has 1 amide bonds. The van der Waals surface area contributed by atoms with Crippen molar-refractivity contribution in [3.8, 4) is 5.75 Å². The predicted molar refractivity (Wildman–Crippen MR) is 77.9 cm³/mol. The monoisotopic (exact) mass is 295 g/mol. The van der Waals surface area contributed by atoms with Crippen molar-refractivity contribution >= 4 is 5.91 Å². The van der Waals surface area contributed by atoms with Crippen LogP contribution in [0.15, 0.2) is 18.2 Å². The highest BCUT2D eigenvalue weighted by molar-refractivity contribution is 5.94. The van der Waals surface area contributed by atoms with E-state index < -0.39 is 11.4 Å². The number of methoxy groups -OCH3 is 1. The molecule has 2 rings (SSSR count). The minimum absolute atomic E-state index is 0.0350. The maximum absolute atomic E-state index is 13.3. The fourth-order valence-corrected chi connectivity index (χ4v) is 2.62. The standard InChI is InChI=1S/C16H22FNO3/c1-11-5-7-16(20,8-6-11)10-18-15(19)12-3-4-13(17)14(9-12)21-2/h3-4,9,11,20H,5-8,10H2,1-2H3,(H,18,19). The van der Waals surface area contributed by atoms with E-state index in [-0.39, 0.29) is 18.2 Å². The maximum Gasteiger partial charge on any atom is 0.251 e. The van der Waals surface area contributed by atoms with Crippen LogP contribution in [0.3, 0.4) is 0 Å². The highest BCUT2D eigenvalue weighted by Gasteiger charge is 2.32. The van der Waals surface area contributed by atoms with Gasteiger partial charge in [-0.15, -0.1) is 0 Å². The van der Waals surface area contributed by atoms with Crippen LogP contribution in [0, 0.1) is 11.7 Å².